The number of benzene rings is 1. The lowest BCUT2D eigenvalue weighted by molar-refractivity contribution is -0.114. The number of aromatic nitrogens is 1. The van der Waals surface area contributed by atoms with E-state index in [4.69, 9.17) is 10.5 Å². The molecule has 3 N–H and O–H groups in total. The molecule has 0 aliphatic heterocycles. The van der Waals surface area contributed by atoms with Gasteiger partial charge in [0, 0.05) is 30.9 Å². The molecule has 98 valence electrons. The molecule has 0 bridgehead atoms. The Hall–Kier alpha value is -2.63. The Morgan fingerprint density at radius 1 is 1.37 bits per heavy atom. The number of anilines is 2. The smallest absolute Gasteiger partial charge is 0.222 e. The number of nitrogens with zero attached hydrogens (tertiary/aromatic N) is 1. The van der Waals surface area contributed by atoms with Crippen LogP contribution >= 0.6 is 0 Å². The summed E-state index contributed by atoms with van der Waals surface area (Å²) >= 11 is 0. The number of nitrogens with two attached hydrogens (primary N) is 1. The summed E-state index contributed by atoms with van der Waals surface area (Å²) in [4.78, 5) is 14.8. The summed E-state index contributed by atoms with van der Waals surface area (Å²) in [6, 6.07) is 7.20. The number of rotatable bonds is 3. The first kappa shape index (κ1) is 12.8. The van der Waals surface area contributed by atoms with Crippen molar-refractivity contribution in [2.24, 2.45) is 0 Å². The standard InChI is InChI=1S/C13H12FN3O2/c1-8(18)17-13-7-10(4-5-16-13)19-12-3-2-9(15)6-11(12)14/h2-7H,15H2,1H3,(H,16,17,18). The van der Waals surface area contributed by atoms with E-state index in [0.29, 0.717) is 17.3 Å². The molecule has 0 radical (unpaired) electrons. The van der Waals surface area contributed by atoms with Gasteiger partial charge in [0.25, 0.3) is 0 Å². The lowest BCUT2D eigenvalue weighted by Gasteiger charge is -2.08. The number of hydrogen-bond donors (Lipinski definition) is 2. The van der Waals surface area contributed by atoms with Crippen molar-refractivity contribution in [3.63, 3.8) is 0 Å². The number of hydrogen-bond acceptors (Lipinski definition) is 4. The van der Waals surface area contributed by atoms with Crippen molar-refractivity contribution < 1.29 is 13.9 Å². The van der Waals surface area contributed by atoms with Crippen LogP contribution in [-0.2, 0) is 4.79 Å². The van der Waals surface area contributed by atoms with Gasteiger partial charge in [-0.1, -0.05) is 0 Å². The summed E-state index contributed by atoms with van der Waals surface area (Å²) in [6.45, 7) is 1.37. The van der Waals surface area contributed by atoms with Crippen molar-refractivity contribution >= 4 is 17.4 Å². The van der Waals surface area contributed by atoms with E-state index in [1.807, 2.05) is 0 Å². The van der Waals surface area contributed by atoms with Crippen molar-refractivity contribution in [1.82, 2.24) is 4.98 Å². The number of nitrogens with one attached hydrogen (secondary N) is 1. The first-order valence-electron chi connectivity index (χ1n) is 5.51. The molecule has 0 unspecified atom stereocenters. The Bertz CT molecular complexity index is 617. The number of nitrogen functional groups attached to an aromatic ring is 1. The molecule has 5 nitrogen and oxygen atoms in total. The highest BCUT2D eigenvalue weighted by Gasteiger charge is 2.06. The van der Waals surface area contributed by atoms with Gasteiger partial charge in [0.05, 0.1) is 0 Å². The fourth-order valence-corrected chi connectivity index (χ4v) is 1.45. The van der Waals surface area contributed by atoms with Crippen molar-refractivity contribution in [1.29, 1.82) is 0 Å². The van der Waals surface area contributed by atoms with Crippen molar-refractivity contribution in [2.75, 3.05) is 11.1 Å². The van der Waals surface area contributed by atoms with Gasteiger partial charge in [0.1, 0.15) is 11.6 Å². The maximum atomic E-state index is 13.6. The molecule has 1 aromatic heterocycles. The van der Waals surface area contributed by atoms with Crippen LogP contribution in [0.1, 0.15) is 6.92 Å². The topological polar surface area (TPSA) is 77.2 Å². The van der Waals surface area contributed by atoms with Gasteiger partial charge in [-0.25, -0.2) is 9.37 Å². The minimum Gasteiger partial charge on any atom is -0.454 e. The minimum absolute atomic E-state index is 0.0502. The van der Waals surface area contributed by atoms with Gasteiger partial charge in [-0.15, -0.1) is 0 Å². The Morgan fingerprint density at radius 3 is 2.84 bits per heavy atom. The number of halogens is 1. The highest BCUT2D eigenvalue weighted by Crippen LogP contribution is 2.26. The molecule has 1 heterocycles. The molecule has 19 heavy (non-hydrogen) atoms. The molecule has 1 amide bonds. The first-order valence-corrected chi connectivity index (χ1v) is 5.51. The monoisotopic (exact) mass is 261 g/mol. The molecule has 1 aromatic carbocycles. The zero-order valence-corrected chi connectivity index (χ0v) is 10.2. The van der Waals surface area contributed by atoms with E-state index in [0.717, 1.165) is 0 Å². The second-order valence-corrected chi connectivity index (χ2v) is 3.85. The molecule has 2 aromatic rings. The molecule has 0 atom stereocenters. The Balaban J connectivity index is 2.21. The third kappa shape index (κ3) is 3.41. The summed E-state index contributed by atoms with van der Waals surface area (Å²) in [5, 5.41) is 2.51. The van der Waals surface area contributed by atoms with Gasteiger partial charge in [0.2, 0.25) is 5.91 Å². The zero-order chi connectivity index (χ0) is 13.8. The third-order valence-corrected chi connectivity index (χ3v) is 2.22. The van der Waals surface area contributed by atoms with E-state index in [9.17, 15) is 9.18 Å². The Labute approximate surface area is 109 Å². The van der Waals surface area contributed by atoms with Crippen LogP contribution in [0.25, 0.3) is 0 Å². The highest BCUT2D eigenvalue weighted by atomic mass is 19.1. The van der Waals surface area contributed by atoms with Crippen LogP contribution in [0, 0.1) is 5.82 Å². The van der Waals surface area contributed by atoms with E-state index in [-0.39, 0.29) is 11.7 Å². The predicted octanol–water partition coefficient (Wildman–Crippen LogP) is 2.55. The number of carbonyl (C=O) groups excluding carboxylic acids is 1. The number of carbonyl (C=O) groups is 1. The van der Waals surface area contributed by atoms with E-state index < -0.39 is 5.82 Å². The van der Waals surface area contributed by atoms with Gasteiger partial charge >= 0.3 is 0 Å². The van der Waals surface area contributed by atoms with Crippen LogP contribution in [0.4, 0.5) is 15.9 Å². The summed E-state index contributed by atoms with van der Waals surface area (Å²) in [6.07, 6.45) is 1.45. The lowest BCUT2D eigenvalue weighted by atomic mass is 10.3. The highest BCUT2D eigenvalue weighted by molar-refractivity contribution is 5.87. The zero-order valence-electron chi connectivity index (χ0n) is 10.2. The number of pyridine rings is 1. The van der Waals surface area contributed by atoms with Crippen molar-refractivity contribution in [2.45, 2.75) is 6.92 Å². The fraction of sp³-hybridized carbons (Fsp3) is 0.0769. The Morgan fingerprint density at radius 2 is 2.16 bits per heavy atom. The summed E-state index contributed by atoms with van der Waals surface area (Å²) in [5.74, 6) is -0.0568. The van der Waals surface area contributed by atoms with Gasteiger partial charge in [-0.2, -0.15) is 0 Å². The maximum Gasteiger partial charge on any atom is 0.222 e. The molecular weight excluding hydrogens is 249 g/mol. The van der Waals surface area contributed by atoms with Gasteiger partial charge < -0.3 is 15.8 Å². The van der Waals surface area contributed by atoms with Crippen molar-refractivity contribution in [3.05, 3.63) is 42.3 Å². The molecule has 2 rings (SSSR count). The third-order valence-electron chi connectivity index (χ3n) is 2.22. The maximum absolute atomic E-state index is 13.6. The molecular formula is C13H12FN3O2. The quantitative estimate of drug-likeness (QED) is 0.832. The van der Waals surface area contributed by atoms with Crippen molar-refractivity contribution in [3.8, 4) is 11.5 Å². The fourth-order valence-electron chi connectivity index (χ4n) is 1.45. The normalized spacial score (nSPS) is 10.0. The molecule has 0 fully saturated rings. The molecule has 0 saturated heterocycles. The van der Waals surface area contributed by atoms with Gasteiger partial charge in [-0.3, -0.25) is 4.79 Å². The largest absolute Gasteiger partial charge is 0.454 e. The predicted molar refractivity (Wildman–Crippen MR) is 69.4 cm³/mol. The summed E-state index contributed by atoms with van der Waals surface area (Å²) < 4.78 is 18.9. The number of amides is 1. The van der Waals surface area contributed by atoms with Gasteiger partial charge in [-0.05, 0) is 18.2 Å². The molecule has 0 spiro atoms. The van der Waals surface area contributed by atoms with Crippen LogP contribution in [0.5, 0.6) is 11.5 Å². The second-order valence-electron chi connectivity index (χ2n) is 3.85. The molecule has 0 aliphatic carbocycles. The first-order chi connectivity index (χ1) is 9.04. The van der Waals surface area contributed by atoms with E-state index in [1.54, 1.807) is 6.07 Å². The van der Waals surface area contributed by atoms with Crippen LogP contribution in [-0.4, -0.2) is 10.9 Å². The van der Waals surface area contributed by atoms with Crippen LogP contribution in [0.2, 0.25) is 0 Å². The van der Waals surface area contributed by atoms with Crippen LogP contribution < -0.4 is 15.8 Å². The summed E-state index contributed by atoms with van der Waals surface area (Å²) in [5.41, 5.74) is 5.76. The van der Waals surface area contributed by atoms with E-state index in [1.165, 1.54) is 37.4 Å². The van der Waals surface area contributed by atoms with Gasteiger partial charge in [0.15, 0.2) is 11.6 Å². The van der Waals surface area contributed by atoms with E-state index in [2.05, 4.69) is 10.3 Å². The number of ether oxygens (including phenoxy) is 1. The molecule has 0 saturated carbocycles. The molecule has 0 aliphatic rings. The Kier molecular flexibility index (Phi) is 3.61. The van der Waals surface area contributed by atoms with Crippen LogP contribution in [0.15, 0.2) is 36.5 Å². The molecule has 6 heteroatoms. The van der Waals surface area contributed by atoms with E-state index >= 15 is 0 Å². The second kappa shape index (κ2) is 5.34. The average Bonchev–Trinajstić information content (AvgIpc) is 2.32. The lowest BCUT2D eigenvalue weighted by Crippen LogP contribution is -2.07. The summed E-state index contributed by atoms with van der Waals surface area (Å²) in [7, 11) is 0. The average molecular weight is 261 g/mol. The SMILES string of the molecule is CC(=O)Nc1cc(Oc2ccc(N)cc2F)ccn1. The van der Waals surface area contributed by atoms with Crippen LogP contribution in [0.3, 0.4) is 0 Å². The minimum atomic E-state index is -0.558.